The quantitative estimate of drug-likeness (QED) is 0.824. The number of methoxy groups -OCH3 is 2. The van der Waals surface area contributed by atoms with E-state index in [1.165, 1.54) is 0 Å². The molecule has 148 valence electrons. The van der Waals surface area contributed by atoms with E-state index in [4.69, 9.17) is 9.47 Å². The predicted octanol–water partition coefficient (Wildman–Crippen LogP) is 1.87. The summed E-state index contributed by atoms with van der Waals surface area (Å²) in [7, 11) is 3.28. The Balaban J connectivity index is 1.54. The van der Waals surface area contributed by atoms with Crippen LogP contribution >= 0.6 is 0 Å². The van der Waals surface area contributed by atoms with Gasteiger partial charge in [0, 0.05) is 39.8 Å². The van der Waals surface area contributed by atoms with E-state index in [-0.39, 0.29) is 11.9 Å². The Hall–Kier alpha value is -2.28. The van der Waals surface area contributed by atoms with Crippen molar-refractivity contribution in [3.8, 4) is 5.75 Å². The van der Waals surface area contributed by atoms with Crippen LogP contribution in [-0.4, -0.2) is 68.7 Å². The fourth-order valence-electron chi connectivity index (χ4n) is 4.02. The molecule has 27 heavy (non-hydrogen) atoms. The third kappa shape index (κ3) is 4.35. The Morgan fingerprint density at radius 1 is 1.19 bits per heavy atom. The van der Waals surface area contributed by atoms with Crippen molar-refractivity contribution in [3.63, 3.8) is 0 Å². The monoisotopic (exact) mass is 375 g/mol. The maximum absolute atomic E-state index is 13.0. The van der Waals surface area contributed by atoms with Gasteiger partial charge in [0.05, 0.1) is 19.1 Å². The van der Waals surface area contributed by atoms with Gasteiger partial charge < -0.3 is 24.6 Å². The Labute approximate surface area is 160 Å². The number of likely N-dealkylation sites (tertiary alicyclic amines) is 2. The number of piperidine rings is 1. The average molecular weight is 375 g/mol. The summed E-state index contributed by atoms with van der Waals surface area (Å²) in [5, 5.41) is 2.96. The lowest BCUT2D eigenvalue weighted by Crippen LogP contribution is -2.51. The standard InChI is InChI=1S/C20H29N3O4/c1-26-13-12-22-10-3-8-20(18(22)24)9-11-23(15-20)19(25)21-14-16-4-6-17(27-2)7-5-16/h4-7H,3,8-15H2,1-2H3,(H,21,25). The number of hydrogen-bond acceptors (Lipinski definition) is 4. The second-order valence-electron chi connectivity index (χ2n) is 7.35. The van der Waals surface area contributed by atoms with Crippen LogP contribution < -0.4 is 10.1 Å². The van der Waals surface area contributed by atoms with Crippen LogP contribution in [0, 0.1) is 5.41 Å². The summed E-state index contributed by atoms with van der Waals surface area (Å²) in [5.74, 6) is 0.969. The molecule has 3 rings (SSSR count). The molecule has 7 nitrogen and oxygen atoms in total. The van der Waals surface area contributed by atoms with Gasteiger partial charge in [-0.1, -0.05) is 12.1 Å². The summed E-state index contributed by atoms with van der Waals surface area (Å²) in [5.41, 5.74) is 0.598. The molecule has 1 aromatic carbocycles. The zero-order valence-electron chi connectivity index (χ0n) is 16.2. The minimum Gasteiger partial charge on any atom is -0.497 e. The number of hydrogen-bond donors (Lipinski definition) is 1. The fourth-order valence-corrected chi connectivity index (χ4v) is 4.02. The van der Waals surface area contributed by atoms with E-state index in [9.17, 15) is 9.59 Å². The van der Waals surface area contributed by atoms with Crippen LogP contribution in [0.5, 0.6) is 5.75 Å². The van der Waals surface area contributed by atoms with E-state index in [2.05, 4.69) is 5.32 Å². The second-order valence-corrected chi connectivity index (χ2v) is 7.35. The van der Waals surface area contributed by atoms with Crippen LogP contribution in [-0.2, 0) is 16.1 Å². The van der Waals surface area contributed by atoms with Crippen molar-refractivity contribution in [2.75, 3.05) is 47.0 Å². The molecule has 0 radical (unpaired) electrons. The molecule has 2 aliphatic heterocycles. The highest BCUT2D eigenvalue weighted by Crippen LogP contribution is 2.40. The van der Waals surface area contributed by atoms with Crippen molar-refractivity contribution < 1.29 is 19.1 Å². The third-order valence-electron chi connectivity index (χ3n) is 5.63. The van der Waals surface area contributed by atoms with Crippen molar-refractivity contribution in [2.45, 2.75) is 25.8 Å². The van der Waals surface area contributed by atoms with Gasteiger partial charge in [0.25, 0.3) is 0 Å². The summed E-state index contributed by atoms with van der Waals surface area (Å²) in [4.78, 5) is 29.2. The maximum atomic E-state index is 13.0. The van der Waals surface area contributed by atoms with E-state index in [1.54, 1.807) is 19.1 Å². The molecule has 1 atom stereocenters. The van der Waals surface area contributed by atoms with E-state index in [0.29, 0.717) is 32.8 Å². The van der Waals surface area contributed by atoms with Crippen LogP contribution in [0.4, 0.5) is 4.79 Å². The molecule has 0 saturated carbocycles. The average Bonchev–Trinajstić information content (AvgIpc) is 3.13. The number of benzene rings is 1. The van der Waals surface area contributed by atoms with Crippen LogP contribution in [0.25, 0.3) is 0 Å². The highest BCUT2D eigenvalue weighted by molar-refractivity contribution is 5.85. The number of carbonyl (C=O) groups is 2. The first kappa shape index (κ1) is 19.5. The molecular weight excluding hydrogens is 346 g/mol. The Kier molecular flexibility index (Phi) is 6.21. The highest BCUT2D eigenvalue weighted by atomic mass is 16.5. The molecule has 2 saturated heterocycles. The van der Waals surface area contributed by atoms with Gasteiger partial charge in [-0.15, -0.1) is 0 Å². The van der Waals surface area contributed by atoms with Crippen LogP contribution in [0.15, 0.2) is 24.3 Å². The normalized spacial score (nSPS) is 22.4. The van der Waals surface area contributed by atoms with Gasteiger partial charge in [-0.3, -0.25) is 4.79 Å². The Bertz CT molecular complexity index is 664. The van der Waals surface area contributed by atoms with Crippen molar-refractivity contribution >= 4 is 11.9 Å². The first-order chi connectivity index (χ1) is 13.1. The van der Waals surface area contributed by atoms with Crippen molar-refractivity contribution in [3.05, 3.63) is 29.8 Å². The summed E-state index contributed by atoms with van der Waals surface area (Å²) in [6, 6.07) is 7.51. The van der Waals surface area contributed by atoms with Gasteiger partial charge in [-0.05, 0) is 37.0 Å². The maximum Gasteiger partial charge on any atom is 0.317 e. The minimum atomic E-state index is -0.413. The van der Waals surface area contributed by atoms with E-state index in [1.807, 2.05) is 29.2 Å². The lowest BCUT2D eigenvalue weighted by atomic mass is 9.78. The summed E-state index contributed by atoms with van der Waals surface area (Å²) in [6.07, 6.45) is 2.58. The first-order valence-electron chi connectivity index (χ1n) is 9.52. The number of ether oxygens (including phenoxy) is 2. The van der Waals surface area contributed by atoms with Crippen LogP contribution in [0.3, 0.4) is 0 Å². The second kappa shape index (κ2) is 8.61. The summed E-state index contributed by atoms with van der Waals surface area (Å²) in [6.45, 7) is 3.55. The van der Waals surface area contributed by atoms with E-state index in [0.717, 1.165) is 37.1 Å². The van der Waals surface area contributed by atoms with Gasteiger partial charge in [0.15, 0.2) is 0 Å². The fraction of sp³-hybridized carbons (Fsp3) is 0.600. The number of nitrogens with one attached hydrogen (secondary N) is 1. The number of amides is 3. The Morgan fingerprint density at radius 2 is 1.96 bits per heavy atom. The third-order valence-corrected chi connectivity index (χ3v) is 5.63. The van der Waals surface area contributed by atoms with Gasteiger partial charge >= 0.3 is 6.03 Å². The summed E-state index contributed by atoms with van der Waals surface area (Å²) >= 11 is 0. The number of carbonyl (C=O) groups excluding carboxylic acids is 2. The van der Waals surface area contributed by atoms with Crippen LogP contribution in [0.1, 0.15) is 24.8 Å². The molecule has 1 aromatic rings. The molecule has 2 heterocycles. The molecule has 2 fully saturated rings. The zero-order chi connectivity index (χ0) is 19.3. The van der Waals surface area contributed by atoms with Gasteiger partial charge in [-0.25, -0.2) is 4.79 Å². The largest absolute Gasteiger partial charge is 0.497 e. The number of nitrogens with zero attached hydrogens (tertiary/aromatic N) is 2. The topological polar surface area (TPSA) is 71.1 Å². The summed E-state index contributed by atoms with van der Waals surface area (Å²) < 4.78 is 10.3. The van der Waals surface area contributed by atoms with Gasteiger partial charge in [0.1, 0.15) is 5.75 Å². The van der Waals surface area contributed by atoms with Crippen molar-refractivity contribution in [1.82, 2.24) is 15.1 Å². The SMILES string of the molecule is COCCN1CCCC2(CCN(C(=O)NCc3ccc(OC)cc3)C2)C1=O. The van der Waals surface area contributed by atoms with E-state index < -0.39 is 5.41 Å². The Morgan fingerprint density at radius 3 is 2.67 bits per heavy atom. The molecule has 0 aromatic heterocycles. The molecule has 0 aliphatic carbocycles. The lowest BCUT2D eigenvalue weighted by Gasteiger charge is -2.39. The number of urea groups is 1. The molecule has 1 N–H and O–H groups in total. The van der Waals surface area contributed by atoms with Gasteiger partial charge in [0.2, 0.25) is 5.91 Å². The smallest absolute Gasteiger partial charge is 0.317 e. The molecule has 0 bridgehead atoms. The predicted molar refractivity (Wildman–Crippen MR) is 102 cm³/mol. The lowest BCUT2D eigenvalue weighted by molar-refractivity contribution is -0.146. The molecule has 1 spiro atoms. The van der Waals surface area contributed by atoms with Crippen LogP contribution in [0.2, 0.25) is 0 Å². The molecule has 1 unspecified atom stereocenters. The minimum absolute atomic E-state index is 0.107. The molecular formula is C20H29N3O4. The first-order valence-corrected chi connectivity index (χ1v) is 9.52. The zero-order valence-corrected chi connectivity index (χ0v) is 16.2. The molecule has 7 heteroatoms. The number of rotatable bonds is 6. The highest BCUT2D eigenvalue weighted by Gasteiger charge is 2.49. The van der Waals surface area contributed by atoms with Crippen molar-refractivity contribution in [1.29, 1.82) is 0 Å². The molecule has 3 amide bonds. The van der Waals surface area contributed by atoms with Gasteiger partial charge in [-0.2, -0.15) is 0 Å². The van der Waals surface area contributed by atoms with Crippen molar-refractivity contribution in [2.24, 2.45) is 5.41 Å². The molecule has 2 aliphatic rings. The van der Waals surface area contributed by atoms with E-state index >= 15 is 0 Å².